The summed E-state index contributed by atoms with van der Waals surface area (Å²) in [7, 11) is 1.44. The average Bonchev–Trinajstić information content (AvgIpc) is 3.02. The molecule has 0 spiro atoms. The van der Waals surface area contributed by atoms with Crippen molar-refractivity contribution in [3.8, 4) is 5.75 Å². The van der Waals surface area contributed by atoms with Crippen LogP contribution >= 0.6 is 11.6 Å². The van der Waals surface area contributed by atoms with Gasteiger partial charge in [0.05, 0.1) is 36.6 Å². The summed E-state index contributed by atoms with van der Waals surface area (Å²) in [6, 6.07) is 5.95. The van der Waals surface area contributed by atoms with Crippen molar-refractivity contribution in [3.05, 3.63) is 52.8 Å². The topological polar surface area (TPSA) is 62.7 Å². The number of carbonyl (C=O) groups excluding carboxylic acids is 2. The molecule has 1 saturated heterocycles. The molecule has 1 atom stereocenters. The van der Waals surface area contributed by atoms with Crippen LogP contribution in [0.3, 0.4) is 0 Å². The third-order valence-electron chi connectivity index (χ3n) is 5.19. The average molecular weight is 470 g/mol. The fourth-order valence-electron chi connectivity index (χ4n) is 3.65. The first kappa shape index (κ1) is 23.8. The zero-order chi connectivity index (χ0) is 23.6. The molecule has 0 aliphatic carbocycles. The molecule has 0 N–H and O–H groups in total. The van der Waals surface area contributed by atoms with Crippen LogP contribution in [-0.2, 0) is 6.18 Å². The number of anilines is 1. The third kappa shape index (κ3) is 5.15. The Labute approximate surface area is 188 Å². The van der Waals surface area contributed by atoms with Crippen LogP contribution in [0.2, 0.25) is 5.02 Å². The molecule has 2 aromatic rings. The Morgan fingerprint density at radius 3 is 2.56 bits per heavy atom. The maximum atomic E-state index is 13.1. The highest BCUT2D eigenvalue weighted by Crippen LogP contribution is 2.31. The predicted molar refractivity (Wildman–Crippen MR) is 114 cm³/mol. The number of ether oxygens (including phenoxy) is 1. The lowest BCUT2D eigenvalue weighted by molar-refractivity contribution is -0.141. The Kier molecular flexibility index (Phi) is 6.97. The number of urea groups is 1. The second-order valence-electron chi connectivity index (χ2n) is 7.98. The van der Waals surface area contributed by atoms with Crippen LogP contribution in [0.5, 0.6) is 5.75 Å². The molecule has 6 nitrogen and oxygen atoms in total. The molecule has 2 amide bonds. The minimum atomic E-state index is -4.56. The quantitative estimate of drug-likeness (QED) is 0.516. The lowest BCUT2D eigenvalue weighted by Gasteiger charge is -2.24. The molecule has 0 radical (unpaired) electrons. The van der Waals surface area contributed by atoms with Crippen molar-refractivity contribution in [2.24, 2.45) is 5.92 Å². The molecule has 1 aromatic carbocycles. The van der Waals surface area contributed by atoms with Crippen LogP contribution in [0.25, 0.3) is 0 Å². The number of carbonyl (C=O) groups is 2. The van der Waals surface area contributed by atoms with Crippen molar-refractivity contribution in [2.75, 3.05) is 25.1 Å². The molecule has 1 aliphatic rings. The highest BCUT2D eigenvalue weighted by molar-refractivity contribution is 6.32. The molecule has 32 heavy (non-hydrogen) atoms. The number of alkyl halides is 3. The minimum Gasteiger partial charge on any atom is -0.495 e. The van der Waals surface area contributed by atoms with E-state index in [4.69, 9.17) is 16.3 Å². The van der Waals surface area contributed by atoms with E-state index >= 15 is 0 Å². The summed E-state index contributed by atoms with van der Waals surface area (Å²) in [4.78, 5) is 32.3. The summed E-state index contributed by atoms with van der Waals surface area (Å²) in [6.07, 6.45) is -2.90. The maximum Gasteiger partial charge on any atom is 0.433 e. The molecule has 0 saturated carbocycles. The van der Waals surface area contributed by atoms with E-state index in [0.29, 0.717) is 22.8 Å². The van der Waals surface area contributed by atoms with Crippen LogP contribution in [0, 0.1) is 5.92 Å². The van der Waals surface area contributed by atoms with Gasteiger partial charge < -0.3 is 9.64 Å². The SMILES string of the molecule is COc1cc(C(=O)CN2C(=O)N(c3ccc(C(F)(F)F)nc3)C[C@@H]2CC(C)C)ccc1Cl. The van der Waals surface area contributed by atoms with Gasteiger partial charge in [-0.25, -0.2) is 9.78 Å². The molecule has 172 valence electrons. The van der Waals surface area contributed by atoms with E-state index in [1.165, 1.54) is 29.0 Å². The molecule has 1 aromatic heterocycles. The number of benzene rings is 1. The van der Waals surface area contributed by atoms with E-state index in [1.54, 1.807) is 12.1 Å². The zero-order valence-corrected chi connectivity index (χ0v) is 18.6. The Morgan fingerprint density at radius 1 is 1.28 bits per heavy atom. The number of Topliss-reactive ketones (excluding diaryl/α,β-unsaturated/α-hetero) is 1. The fraction of sp³-hybridized carbons (Fsp3) is 0.409. The first-order valence-electron chi connectivity index (χ1n) is 9.99. The summed E-state index contributed by atoms with van der Waals surface area (Å²) in [5.41, 5.74) is -0.438. The minimum absolute atomic E-state index is 0.175. The van der Waals surface area contributed by atoms with E-state index in [-0.39, 0.29) is 36.5 Å². The van der Waals surface area contributed by atoms with Crippen molar-refractivity contribution in [2.45, 2.75) is 32.5 Å². The van der Waals surface area contributed by atoms with Crippen molar-refractivity contribution in [1.82, 2.24) is 9.88 Å². The van der Waals surface area contributed by atoms with Crippen molar-refractivity contribution in [1.29, 1.82) is 0 Å². The lowest BCUT2D eigenvalue weighted by Crippen LogP contribution is -2.39. The Balaban J connectivity index is 1.83. The van der Waals surface area contributed by atoms with Crippen LogP contribution < -0.4 is 9.64 Å². The van der Waals surface area contributed by atoms with E-state index in [1.807, 2.05) is 13.8 Å². The number of methoxy groups -OCH3 is 1. The van der Waals surface area contributed by atoms with Gasteiger partial charge in [0.2, 0.25) is 0 Å². The molecule has 2 heterocycles. The predicted octanol–water partition coefficient (Wildman–Crippen LogP) is 5.30. The number of amides is 2. The number of pyridine rings is 1. The number of aromatic nitrogens is 1. The molecule has 0 bridgehead atoms. The molecule has 10 heteroatoms. The zero-order valence-electron chi connectivity index (χ0n) is 17.8. The van der Waals surface area contributed by atoms with E-state index in [2.05, 4.69) is 4.98 Å². The first-order chi connectivity index (χ1) is 15.0. The lowest BCUT2D eigenvalue weighted by atomic mass is 10.0. The summed E-state index contributed by atoms with van der Waals surface area (Å²) >= 11 is 6.02. The molecular weight excluding hydrogens is 447 g/mol. The van der Waals surface area contributed by atoms with Crippen LogP contribution in [0.15, 0.2) is 36.5 Å². The smallest absolute Gasteiger partial charge is 0.433 e. The van der Waals surface area contributed by atoms with E-state index in [9.17, 15) is 22.8 Å². The summed E-state index contributed by atoms with van der Waals surface area (Å²) in [6.45, 7) is 4.07. The number of halogens is 4. The third-order valence-corrected chi connectivity index (χ3v) is 5.50. The number of hydrogen-bond donors (Lipinski definition) is 0. The largest absolute Gasteiger partial charge is 0.495 e. The Bertz CT molecular complexity index is 996. The number of nitrogens with zero attached hydrogens (tertiary/aromatic N) is 3. The second kappa shape index (κ2) is 9.36. The van der Waals surface area contributed by atoms with Gasteiger partial charge in [-0.3, -0.25) is 9.69 Å². The molecule has 1 aliphatic heterocycles. The summed E-state index contributed by atoms with van der Waals surface area (Å²) in [5.74, 6) is 0.294. The van der Waals surface area contributed by atoms with Gasteiger partial charge in [0.25, 0.3) is 0 Å². The molecule has 1 fully saturated rings. The van der Waals surface area contributed by atoms with Gasteiger partial charge in [-0.1, -0.05) is 25.4 Å². The van der Waals surface area contributed by atoms with E-state index < -0.39 is 17.9 Å². The van der Waals surface area contributed by atoms with Gasteiger partial charge >= 0.3 is 12.2 Å². The summed E-state index contributed by atoms with van der Waals surface area (Å²) < 4.78 is 43.6. The van der Waals surface area contributed by atoms with Gasteiger partial charge in [0.1, 0.15) is 11.4 Å². The highest BCUT2D eigenvalue weighted by Gasteiger charge is 2.40. The van der Waals surface area contributed by atoms with Gasteiger partial charge in [-0.05, 0) is 42.7 Å². The first-order valence-corrected chi connectivity index (χ1v) is 10.4. The molecular formula is C22H23ClF3N3O3. The fourth-order valence-corrected chi connectivity index (χ4v) is 3.84. The normalized spacial score (nSPS) is 16.8. The number of ketones is 1. The molecule has 3 rings (SSSR count). The van der Waals surface area contributed by atoms with Crippen molar-refractivity contribution >= 4 is 29.1 Å². The number of hydrogen-bond acceptors (Lipinski definition) is 4. The van der Waals surface area contributed by atoms with Crippen LogP contribution in [-0.4, -0.2) is 47.9 Å². The van der Waals surface area contributed by atoms with Gasteiger partial charge in [0.15, 0.2) is 5.78 Å². The van der Waals surface area contributed by atoms with Crippen LogP contribution in [0.1, 0.15) is 36.3 Å². The van der Waals surface area contributed by atoms with E-state index in [0.717, 1.165) is 12.3 Å². The van der Waals surface area contributed by atoms with Crippen LogP contribution in [0.4, 0.5) is 23.7 Å². The van der Waals surface area contributed by atoms with Crippen molar-refractivity contribution < 1.29 is 27.5 Å². The summed E-state index contributed by atoms with van der Waals surface area (Å²) in [5, 5.41) is 0.361. The van der Waals surface area contributed by atoms with Gasteiger partial charge in [-0.2, -0.15) is 13.2 Å². The maximum absolute atomic E-state index is 13.1. The monoisotopic (exact) mass is 469 g/mol. The van der Waals surface area contributed by atoms with Gasteiger partial charge in [-0.15, -0.1) is 0 Å². The van der Waals surface area contributed by atoms with Crippen molar-refractivity contribution in [3.63, 3.8) is 0 Å². The Hall–Kier alpha value is -2.81. The number of rotatable bonds is 7. The highest BCUT2D eigenvalue weighted by atomic mass is 35.5. The standard InChI is InChI=1S/C22H23ClF3N3O3/c1-13(2)8-16-11-28(15-5-7-20(27-10-15)22(24,25)26)21(31)29(16)12-18(30)14-4-6-17(23)19(9-14)32-3/h4-7,9-10,13,16H,8,11-12H2,1-3H3/t16-/m0/s1. The van der Waals surface area contributed by atoms with Gasteiger partial charge in [0, 0.05) is 12.1 Å². The Morgan fingerprint density at radius 2 is 2.00 bits per heavy atom. The molecule has 0 unspecified atom stereocenters. The second-order valence-corrected chi connectivity index (χ2v) is 8.38.